The van der Waals surface area contributed by atoms with Crippen LogP contribution in [0.3, 0.4) is 0 Å². The number of alkyl halides is 1. The molecule has 1 aliphatic rings. The SMILES string of the molecule is BrCc1noc(C2CCCCC2)n1. The van der Waals surface area contributed by atoms with Gasteiger partial charge in [-0.05, 0) is 12.8 Å². The second-order valence-corrected chi connectivity index (χ2v) is 4.08. The summed E-state index contributed by atoms with van der Waals surface area (Å²) >= 11 is 3.31. The summed E-state index contributed by atoms with van der Waals surface area (Å²) in [6.07, 6.45) is 6.39. The zero-order chi connectivity index (χ0) is 9.10. The third kappa shape index (κ3) is 2.10. The Labute approximate surface area is 86.0 Å². The van der Waals surface area contributed by atoms with Gasteiger partial charge in [0.15, 0.2) is 5.82 Å². The highest BCUT2D eigenvalue weighted by Crippen LogP contribution is 2.31. The number of hydrogen-bond donors (Lipinski definition) is 0. The largest absolute Gasteiger partial charge is 0.339 e. The molecule has 2 rings (SSSR count). The molecule has 0 bridgehead atoms. The Balaban J connectivity index is 2.05. The van der Waals surface area contributed by atoms with Crippen molar-refractivity contribution in [3.63, 3.8) is 0 Å². The highest BCUT2D eigenvalue weighted by molar-refractivity contribution is 9.08. The Morgan fingerprint density at radius 2 is 2.08 bits per heavy atom. The van der Waals surface area contributed by atoms with Crippen molar-refractivity contribution in [2.24, 2.45) is 0 Å². The minimum absolute atomic E-state index is 0.522. The molecule has 3 nitrogen and oxygen atoms in total. The molecule has 72 valence electrons. The highest BCUT2D eigenvalue weighted by Gasteiger charge is 2.20. The molecule has 1 saturated carbocycles. The average molecular weight is 245 g/mol. The maximum atomic E-state index is 5.20. The molecule has 0 atom stereocenters. The number of nitrogens with zero attached hydrogens (tertiary/aromatic N) is 2. The fourth-order valence-electron chi connectivity index (χ4n) is 1.84. The predicted octanol–water partition coefficient (Wildman–Crippen LogP) is 3.01. The lowest BCUT2D eigenvalue weighted by atomic mass is 9.89. The van der Waals surface area contributed by atoms with Crippen molar-refractivity contribution < 1.29 is 4.52 Å². The standard InChI is InChI=1S/C9H13BrN2O/c10-6-8-11-9(13-12-8)7-4-2-1-3-5-7/h7H,1-6H2. The first kappa shape index (κ1) is 9.19. The fourth-order valence-corrected chi connectivity index (χ4v) is 2.06. The van der Waals surface area contributed by atoms with E-state index in [2.05, 4.69) is 26.1 Å². The van der Waals surface area contributed by atoms with Gasteiger partial charge >= 0.3 is 0 Å². The van der Waals surface area contributed by atoms with Gasteiger partial charge in [0.2, 0.25) is 5.89 Å². The van der Waals surface area contributed by atoms with Crippen LogP contribution in [0.1, 0.15) is 49.7 Å². The maximum Gasteiger partial charge on any atom is 0.229 e. The van der Waals surface area contributed by atoms with Gasteiger partial charge in [-0.15, -0.1) is 0 Å². The monoisotopic (exact) mass is 244 g/mol. The van der Waals surface area contributed by atoms with Gasteiger partial charge in [0.1, 0.15) is 0 Å². The molecule has 0 aromatic carbocycles. The second-order valence-electron chi connectivity index (χ2n) is 3.52. The fraction of sp³-hybridized carbons (Fsp3) is 0.778. The van der Waals surface area contributed by atoms with Crippen LogP contribution >= 0.6 is 15.9 Å². The molecule has 0 N–H and O–H groups in total. The molecule has 0 radical (unpaired) electrons. The Kier molecular flexibility index (Phi) is 2.98. The van der Waals surface area contributed by atoms with E-state index < -0.39 is 0 Å². The van der Waals surface area contributed by atoms with Crippen LogP contribution in [0.5, 0.6) is 0 Å². The van der Waals surface area contributed by atoms with Crippen LogP contribution in [0.2, 0.25) is 0 Å². The third-order valence-electron chi connectivity index (χ3n) is 2.56. The van der Waals surface area contributed by atoms with Crippen LogP contribution < -0.4 is 0 Å². The molecule has 1 aromatic rings. The van der Waals surface area contributed by atoms with E-state index in [9.17, 15) is 0 Å². The Bertz CT molecular complexity index is 268. The van der Waals surface area contributed by atoms with Crippen LogP contribution in [0.15, 0.2) is 4.52 Å². The van der Waals surface area contributed by atoms with E-state index >= 15 is 0 Å². The quantitative estimate of drug-likeness (QED) is 0.752. The van der Waals surface area contributed by atoms with Crippen molar-refractivity contribution in [3.8, 4) is 0 Å². The summed E-state index contributed by atoms with van der Waals surface area (Å²) in [7, 11) is 0. The van der Waals surface area contributed by atoms with Crippen molar-refractivity contribution in [2.45, 2.75) is 43.4 Å². The molecule has 4 heteroatoms. The van der Waals surface area contributed by atoms with E-state index in [-0.39, 0.29) is 0 Å². The maximum absolute atomic E-state index is 5.20. The van der Waals surface area contributed by atoms with E-state index in [1.54, 1.807) is 0 Å². The zero-order valence-corrected chi connectivity index (χ0v) is 9.09. The molecule has 1 heterocycles. The van der Waals surface area contributed by atoms with Gasteiger partial charge in [0, 0.05) is 5.92 Å². The minimum Gasteiger partial charge on any atom is -0.339 e. The van der Waals surface area contributed by atoms with E-state index in [0.717, 1.165) is 11.7 Å². The molecule has 0 unspecified atom stereocenters. The first-order valence-corrected chi connectivity index (χ1v) is 5.90. The molecular weight excluding hydrogens is 232 g/mol. The highest BCUT2D eigenvalue weighted by atomic mass is 79.9. The van der Waals surface area contributed by atoms with Gasteiger partial charge in [0.05, 0.1) is 5.33 Å². The molecule has 0 aliphatic heterocycles. The Morgan fingerprint density at radius 3 is 2.69 bits per heavy atom. The second kappa shape index (κ2) is 4.22. The number of hydrogen-bond acceptors (Lipinski definition) is 3. The topological polar surface area (TPSA) is 38.9 Å². The van der Waals surface area contributed by atoms with Crippen LogP contribution in [0.25, 0.3) is 0 Å². The lowest BCUT2D eigenvalue weighted by molar-refractivity contribution is 0.312. The first-order chi connectivity index (χ1) is 6.40. The van der Waals surface area contributed by atoms with Gasteiger partial charge < -0.3 is 4.52 Å². The van der Waals surface area contributed by atoms with Gasteiger partial charge in [-0.2, -0.15) is 4.98 Å². The summed E-state index contributed by atoms with van der Waals surface area (Å²) in [6, 6.07) is 0. The molecule has 1 fully saturated rings. The van der Waals surface area contributed by atoms with Crippen molar-refractivity contribution in [2.75, 3.05) is 0 Å². The molecular formula is C9H13BrN2O. The van der Waals surface area contributed by atoms with E-state index in [0.29, 0.717) is 11.2 Å². The molecule has 13 heavy (non-hydrogen) atoms. The summed E-state index contributed by atoms with van der Waals surface area (Å²) in [5, 5.41) is 4.56. The number of aromatic nitrogens is 2. The zero-order valence-electron chi connectivity index (χ0n) is 7.50. The number of halogens is 1. The van der Waals surface area contributed by atoms with E-state index in [4.69, 9.17) is 4.52 Å². The summed E-state index contributed by atoms with van der Waals surface area (Å²) < 4.78 is 5.20. The summed E-state index contributed by atoms with van der Waals surface area (Å²) in [5.74, 6) is 2.13. The van der Waals surface area contributed by atoms with Crippen molar-refractivity contribution >= 4 is 15.9 Å². The normalized spacial score (nSPS) is 19.2. The summed E-state index contributed by atoms with van der Waals surface area (Å²) in [6.45, 7) is 0. The predicted molar refractivity (Wildman–Crippen MR) is 52.8 cm³/mol. The lowest BCUT2D eigenvalue weighted by Crippen LogP contribution is -2.04. The molecule has 1 aromatic heterocycles. The molecule has 0 spiro atoms. The molecule has 1 aliphatic carbocycles. The van der Waals surface area contributed by atoms with Crippen LogP contribution in [0.4, 0.5) is 0 Å². The van der Waals surface area contributed by atoms with Crippen molar-refractivity contribution in [3.05, 3.63) is 11.7 Å². The average Bonchev–Trinajstić information content (AvgIpc) is 2.67. The molecule has 0 amide bonds. The van der Waals surface area contributed by atoms with Gasteiger partial charge in [0.25, 0.3) is 0 Å². The Hall–Kier alpha value is -0.380. The van der Waals surface area contributed by atoms with Crippen LogP contribution in [-0.2, 0) is 5.33 Å². The summed E-state index contributed by atoms with van der Waals surface area (Å²) in [4.78, 5) is 4.33. The Morgan fingerprint density at radius 1 is 1.31 bits per heavy atom. The van der Waals surface area contributed by atoms with Crippen LogP contribution in [-0.4, -0.2) is 10.1 Å². The van der Waals surface area contributed by atoms with Gasteiger partial charge in [-0.3, -0.25) is 0 Å². The van der Waals surface area contributed by atoms with Crippen LogP contribution in [0, 0.1) is 0 Å². The van der Waals surface area contributed by atoms with Crippen molar-refractivity contribution in [1.82, 2.24) is 10.1 Å². The van der Waals surface area contributed by atoms with Gasteiger partial charge in [-0.1, -0.05) is 40.3 Å². The first-order valence-electron chi connectivity index (χ1n) is 4.78. The van der Waals surface area contributed by atoms with Crippen molar-refractivity contribution in [1.29, 1.82) is 0 Å². The van der Waals surface area contributed by atoms with E-state index in [1.807, 2.05) is 0 Å². The minimum atomic E-state index is 0.522. The summed E-state index contributed by atoms with van der Waals surface area (Å²) in [5.41, 5.74) is 0. The van der Waals surface area contributed by atoms with Gasteiger partial charge in [-0.25, -0.2) is 0 Å². The third-order valence-corrected chi connectivity index (χ3v) is 3.06. The lowest BCUT2D eigenvalue weighted by Gasteiger charge is -2.17. The smallest absolute Gasteiger partial charge is 0.229 e. The molecule has 0 saturated heterocycles. The van der Waals surface area contributed by atoms with E-state index in [1.165, 1.54) is 32.1 Å². The number of rotatable bonds is 2.